The summed E-state index contributed by atoms with van der Waals surface area (Å²) in [6.45, 7) is 1.62. The molecule has 0 saturated carbocycles. The van der Waals surface area contributed by atoms with Crippen molar-refractivity contribution in [3.8, 4) is 16.5 Å². The molecule has 0 bridgehead atoms. The van der Waals surface area contributed by atoms with E-state index >= 15 is 0 Å². The Labute approximate surface area is 133 Å². The molecule has 0 radical (unpaired) electrons. The van der Waals surface area contributed by atoms with Crippen LogP contribution in [0.4, 0.5) is 5.69 Å². The number of hydrogen-bond acceptors (Lipinski definition) is 5. The van der Waals surface area contributed by atoms with Gasteiger partial charge in [-0.15, -0.1) is 11.3 Å². The molecular formula is C16H17N3O2S. The zero-order valence-electron chi connectivity index (χ0n) is 12.1. The number of hydrogen-bond donors (Lipinski definition) is 1. The minimum absolute atomic E-state index is 0.139. The van der Waals surface area contributed by atoms with Crippen molar-refractivity contribution < 1.29 is 4.92 Å². The summed E-state index contributed by atoms with van der Waals surface area (Å²) in [5, 5.41) is 22.9. The van der Waals surface area contributed by atoms with Gasteiger partial charge in [0.05, 0.1) is 16.6 Å². The van der Waals surface area contributed by atoms with Gasteiger partial charge in [-0.3, -0.25) is 10.1 Å². The lowest BCUT2D eigenvalue weighted by Gasteiger charge is -2.01. The van der Waals surface area contributed by atoms with Gasteiger partial charge in [0, 0.05) is 28.8 Å². The van der Waals surface area contributed by atoms with Gasteiger partial charge in [0.1, 0.15) is 0 Å². The lowest BCUT2D eigenvalue weighted by atomic mass is 10.1. The fourth-order valence-electron chi connectivity index (χ4n) is 2.12. The summed E-state index contributed by atoms with van der Waals surface area (Å²) in [5.41, 5.74) is 0.804. The van der Waals surface area contributed by atoms with Gasteiger partial charge in [-0.1, -0.05) is 12.1 Å². The van der Waals surface area contributed by atoms with Crippen LogP contribution in [0.25, 0.3) is 10.4 Å². The van der Waals surface area contributed by atoms with Crippen LogP contribution in [0.2, 0.25) is 0 Å². The van der Waals surface area contributed by atoms with Gasteiger partial charge in [-0.05, 0) is 37.6 Å². The summed E-state index contributed by atoms with van der Waals surface area (Å²) >= 11 is 1.57. The highest BCUT2D eigenvalue weighted by Gasteiger charge is 2.15. The SMILES string of the molecule is N#CCCCCNCc1ccc(-c2ccccc2[N+](=O)[O-])s1. The largest absolute Gasteiger partial charge is 0.312 e. The van der Waals surface area contributed by atoms with Gasteiger partial charge in [-0.25, -0.2) is 0 Å². The summed E-state index contributed by atoms with van der Waals surface area (Å²) in [4.78, 5) is 12.8. The van der Waals surface area contributed by atoms with E-state index in [1.54, 1.807) is 23.5 Å². The zero-order chi connectivity index (χ0) is 15.8. The molecule has 1 aromatic heterocycles. The van der Waals surface area contributed by atoms with Crippen molar-refractivity contribution in [1.82, 2.24) is 5.32 Å². The Bertz CT molecular complexity index is 676. The first-order valence-corrected chi connectivity index (χ1v) is 7.94. The van der Waals surface area contributed by atoms with Crippen molar-refractivity contribution in [1.29, 1.82) is 5.26 Å². The smallest absolute Gasteiger partial charge is 0.278 e. The second kappa shape index (κ2) is 8.27. The van der Waals surface area contributed by atoms with Crippen molar-refractivity contribution in [3.05, 3.63) is 51.4 Å². The molecule has 0 atom stereocenters. The summed E-state index contributed by atoms with van der Waals surface area (Å²) in [6.07, 6.45) is 2.49. The minimum atomic E-state index is -0.345. The van der Waals surface area contributed by atoms with E-state index in [0.717, 1.165) is 35.7 Å². The number of para-hydroxylation sites is 1. The normalized spacial score (nSPS) is 10.3. The minimum Gasteiger partial charge on any atom is -0.312 e. The van der Waals surface area contributed by atoms with Gasteiger partial charge in [0.15, 0.2) is 0 Å². The second-order valence-corrected chi connectivity index (χ2v) is 6.00. The molecule has 114 valence electrons. The molecule has 0 fully saturated rings. The molecule has 0 unspecified atom stereocenters. The molecule has 2 rings (SSSR count). The maximum atomic E-state index is 11.1. The molecule has 6 heteroatoms. The van der Waals surface area contributed by atoms with Crippen LogP contribution in [-0.2, 0) is 6.54 Å². The number of thiophene rings is 1. The van der Waals surface area contributed by atoms with Gasteiger partial charge in [-0.2, -0.15) is 5.26 Å². The molecule has 0 saturated heterocycles. The van der Waals surface area contributed by atoms with Crippen molar-refractivity contribution in [3.63, 3.8) is 0 Å². The monoisotopic (exact) mass is 315 g/mol. The molecule has 1 heterocycles. The van der Waals surface area contributed by atoms with E-state index in [1.165, 1.54) is 6.07 Å². The van der Waals surface area contributed by atoms with E-state index < -0.39 is 0 Å². The van der Waals surface area contributed by atoms with E-state index in [1.807, 2.05) is 18.2 Å². The van der Waals surface area contributed by atoms with E-state index in [0.29, 0.717) is 12.0 Å². The third-order valence-electron chi connectivity index (χ3n) is 3.22. The average molecular weight is 315 g/mol. The molecule has 1 N–H and O–H groups in total. The maximum Gasteiger partial charge on any atom is 0.278 e. The topological polar surface area (TPSA) is 79.0 Å². The first-order chi connectivity index (χ1) is 10.7. The summed E-state index contributed by atoms with van der Waals surface area (Å²) in [6, 6.07) is 12.9. The number of rotatable bonds is 8. The van der Waals surface area contributed by atoms with Crippen molar-refractivity contribution in [2.75, 3.05) is 6.54 Å². The van der Waals surface area contributed by atoms with Crippen LogP contribution < -0.4 is 5.32 Å². The molecule has 0 spiro atoms. The van der Waals surface area contributed by atoms with Gasteiger partial charge >= 0.3 is 0 Å². The van der Waals surface area contributed by atoms with Crippen LogP contribution in [0, 0.1) is 21.4 Å². The third kappa shape index (κ3) is 4.38. The van der Waals surface area contributed by atoms with Crippen LogP contribution in [0.3, 0.4) is 0 Å². The molecule has 1 aromatic carbocycles. The third-order valence-corrected chi connectivity index (χ3v) is 4.34. The Morgan fingerprint density at radius 3 is 2.82 bits per heavy atom. The molecule has 5 nitrogen and oxygen atoms in total. The Balaban J connectivity index is 1.95. The number of nitro groups is 1. The zero-order valence-corrected chi connectivity index (χ0v) is 12.9. The van der Waals surface area contributed by atoms with E-state index in [4.69, 9.17) is 5.26 Å². The first kappa shape index (κ1) is 16.1. The molecule has 0 aliphatic heterocycles. The van der Waals surface area contributed by atoms with Crippen LogP contribution in [-0.4, -0.2) is 11.5 Å². The standard InChI is InChI=1S/C16H17N3O2S/c17-10-4-1-5-11-18-12-13-8-9-16(22-13)14-6-2-3-7-15(14)19(20)21/h2-3,6-9,18H,1,4-5,11-12H2. The summed E-state index contributed by atoms with van der Waals surface area (Å²) in [5.74, 6) is 0. The first-order valence-electron chi connectivity index (χ1n) is 7.12. The predicted octanol–water partition coefficient (Wildman–Crippen LogP) is 4.11. The van der Waals surface area contributed by atoms with Gasteiger partial charge in [0.25, 0.3) is 5.69 Å². The van der Waals surface area contributed by atoms with Crippen LogP contribution in [0.1, 0.15) is 24.1 Å². The van der Waals surface area contributed by atoms with Crippen LogP contribution in [0.5, 0.6) is 0 Å². The van der Waals surface area contributed by atoms with Crippen LogP contribution >= 0.6 is 11.3 Å². The predicted molar refractivity (Wildman–Crippen MR) is 87.6 cm³/mol. The highest BCUT2D eigenvalue weighted by molar-refractivity contribution is 7.15. The fourth-order valence-corrected chi connectivity index (χ4v) is 3.14. The lowest BCUT2D eigenvalue weighted by molar-refractivity contribution is -0.384. The molecule has 0 amide bonds. The maximum absolute atomic E-state index is 11.1. The number of nitrogens with zero attached hydrogens (tertiary/aromatic N) is 2. The summed E-state index contributed by atoms with van der Waals surface area (Å²) < 4.78 is 0. The Kier molecular flexibility index (Phi) is 6.07. The number of nitrogens with one attached hydrogen (secondary N) is 1. The Morgan fingerprint density at radius 1 is 1.23 bits per heavy atom. The molecule has 0 aliphatic carbocycles. The number of nitriles is 1. The van der Waals surface area contributed by atoms with Crippen molar-refractivity contribution >= 4 is 17.0 Å². The summed E-state index contributed by atoms with van der Waals surface area (Å²) in [7, 11) is 0. The highest BCUT2D eigenvalue weighted by atomic mass is 32.1. The van der Waals surface area contributed by atoms with Crippen molar-refractivity contribution in [2.24, 2.45) is 0 Å². The quantitative estimate of drug-likeness (QED) is 0.452. The molecule has 0 aliphatic rings. The average Bonchev–Trinajstić information content (AvgIpc) is 2.99. The van der Waals surface area contributed by atoms with E-state index in [-0.39, 0.29) is 10.6 Å². The van der Waals surface area contributed by atoms with E-state index in [9.17, 15) is 10.1 Å². The van der Waals surface area contributed by atoms with Gasteiger partial charge < -0.3 is 5.32 Å². The fraction of sp³-hybridized carbons (Fsp3) is 0.312. The van der Waals surface area contributed by atoms with Crippen LogP contribution in [0.15, 0.2) is 36.4 Å². The number of benzene rings is 1. The number of nitro benzene ring substituents is 1. The lowest BCUT2D eigenvalue weighted by Crippen LogP contribution is -2.13. The Morgan fingerprint density at radius 2 is 2.05 bits per heavy atom. The van der Waals surface area contributed by atoms with E-state index in [2.05, 4.69) is 11.4 Å². The highest BCUT2D eigenvalue weighted by Crippen LogP contribution is 2.34. The molecule has 2 aromatic rings. The number of unbranched alkanes of at least 4 members (excludes halogenated alkanes) is 2. The Hall–Kier alpha value is -2.23. The molecule has 22 heavy (non-hydrogen) atoms. The van der Waals surface area contributed by atoms with Crippen molar-refractivity contribution in [2.45, 2.75) is 25.8 Å². The van der Waals surface area contributed by atoms with Gasteiger partial charge in [0.2, 0.25) is 0 Å². The molecular weight excluding hydrogens is 298 g/mol. The second-order valence-electron chi connectivity index (χ2n) is 4.83.